The Kier molecular flexibility index (Phi) is 4.32. The molecule has 2 aromatic rings. The maximum absolute atomic E-state index is 12.5. The number of halogens is 3. The minimum absolute atomic E-state index is 0.0797. The standard InChI is InChI=1S/C14H13F3N2O2S/c15-14(16,17)11-6-7-13(12(18)8-11)19-22(20,21)9-10-4-2-1-3-5-10/h1-8,19H,9,18H2. The summed E-state index contributed by atoms with van der Waals surface area (Å²) in [6.07, 6.45) is -4.53. The van der Waals surface area contributed by atoms with Gasteiger partial charge in [0.05, 0.1) is 22.7 Å². The molecule has 2 aromatic carbocycles. The van der Waals surface area contributed by atoms with Gasteiger partial charge in [0.25, 0.3) is 0 Å². The van der Waals surface area contributed by atoms with Gasteiger partial charge in [0.2, 0.25) is 10.0 Å². The minimum Gasteiger partial charge on any atom is -0.397 e. The van der Waals surface area contributed by atoms with Gasteiger partial charge in [0.1, 0.15) is 0 Å². The lowest BCUT2D eigenvalue weighted by Crippen LogP contribution is -2.16. The van der Waals surface area contributed by atoms with Gasteiger partial charge in [-0.15, -0.1) is 0 Å². The first-order valence-electron chi connectivity index (χ1n) is 6.18. The number of nitrogen functional groups attached to an aromatic ring is 1. The van der Waals surface area contributed by atoms with Gasteiger partial charge in [-0.1, -0.05) is 30.3 Å². The number of sulfonamides is 1. The van der Waals surface area contributed by atoms with Crippen LogP contribution in [0.15, 0.2) is 48.5 Å². The van der Waals surface area contributed by atoms with E-state index in [1.807, 2.05) is 0 Å². The number of alkyl halides is 3. The largest absolute Gasteiger partial charge is 0.416 e. The van der Waals surface area contributed by atoms with Crippen molar-refractivity contribution < 1.29 is 21.6 Å². The van der Waals surface area contributed by atoms with Crippen molar-refractivity contribution >= 4 is 21.4 Å². The molecule has 0 spiro atoms. The molecule has 0 aliphatic rings. The zero-order valence-electron chi connectivity index (χ0n) is 11.3. The summed E-state index contributed by atoms with van der Waals surface area (Å²) in [4.78, 5) is 0. The second-order valence-electron chi connectivity index (χ2n) is 4.65. The number of rotatable bonds is 4. The van der Waals surface area contributed by atoms with Gasteiger partial charge >= 0.3 is 6.18 Å². The molecule has 0 bridgehead atoms. The molecule has 0 amide bonds. The van der Waals surface area contributed by atoms with Crippen molar-refractivity contribution in [2.45, 2.75) is 11.9 Å². The van der Waals surface area contributed by atoms with Crippen molar-refractivity contribution in [2.75, 3.05) is 10.5 Å². The zero-order valence-corrected chi connectivity index (χ0v) is 12.1. The van der Waals surface area contributed by atoms with Gasteiger partial charge in [0, 0.05) is 0 Å². The summed E-state index contributed by atoms with van der Waals surface area (Å²) in [5.41, 5.74) is 4.75. The molecule has 0 saturated carbocycles. The zero-order chi connectivity index (χ0) is 16.4. The highest BCUT2D eigenvalue weighted by molar-refractivity contribution is 7.91. The Morgan fingerprint density at radius 1 is 1.05 bits per heavy atom. The van der Waals surface area contributed by atoms with Gasteiger partial charge in [-0.05, 0) is 23.8 Å². The Bertz CT molecular complexity index is 759. The molecule has 0 saturated heterocycles. The third kappa shape index (κ3) is 4.14. The van der Waals surface area contributed by atoms with Crippen LogP contribution < -0.4 is 10.5 Å². The summed E-state index contributed by atoms with van der Waals surface area (Å²) < 4.78 is 63.8. The lowest BCUT2D eigenvalue weighted by molar-refractivity contribution is -0.137. The highest BCUT2D eigenvalue weighted by Crippen LogP contribution is 2.33. The van der Waals surface area contributed by atoms with E-state index in [9.17, 15) is 21.6 Å². The first-order chi connectivity index (χ1) is 10.2. The molecular weight excluding hydrogens is 317 g/mol. The molecule has 22 heavy (non-hydrogen) atoms. The van der Waals surface area contributed by atoms with Gasteiger partial charge in [-0.3, -0.25) is 4.72 Å². The van der Waals surface area contributed by atoms with Gasteiger partial charge < -0.3 is 5.73 Å². The van der Waals surface area contributed by atoms with E-state index in [0.717, 1.165) is 12.1 Å². The first-order valence-corrected chi connectivity index (χ1v) is 7.84. The van der Waals surface area contributed by atoms with E-state index in [-0.39, 0.29) is 17.1 Å². The SMILES string of the molecule is Nc1cc(C(F)(F)F)ccc1NS(=O)(=O)Cc1ccccc1. The highest BCUT2D eigenvalue weighted by atomic mass is 32.2. The molecule has 8 heteroatoms. The van der Waals surface area contributed by atoms with E-state index in [4.69, 9.17) is 5.73 Å². The maximum Gasteiger partial charge on any atom is 0.416 e. The number of anilines is 2. The Labute approximate surface area is 125 Å². The van der Waals surface area contributed by atoms with E-state index in [2.05, 4.69) is 4.72 Å². The normalized spacial score (nSPS) is 12.1. The van der Waals surface area contributed by atoms with Gasteiger partial charge in [-0.2, -0.15) is 13.2 Å². The lowest BCUT2D eigenvalue weighted by atomic mass is 10.2. The summed E-state index contributed by atoms with van der Waals surface area (Å²) in [7, 11) is -3.77. The van der Waals surface area contributed by atoms with Crippen LogP contribution in [0.25, 0.3) is 0 Å². The second-order valence-corrected chi connectivity index (χ2v) is 6.37. The molecule has 0 heterocycles. The number of benzene rings is 2. The molecule has 2 rings (SSSR count). The predicted molar refractivity (Wildman–Crippen MR) is 78.5 cm³/mol. The smallest absolute Gasteiger partial charge is 0.397 e. The van der Waals surface area contributed by atoms with E-state index in [1.165, 1.54) is 0 Å². The number of hydrogen-bond donors (Lipinski definition) is 2. The Balaban J connectivity index is 2.20. The fourth-order valence-corrected chi connectivity index (χ4v) is 3.05. The molecule has 118 valence electrons. The first kappa shape index (κ1) is 16.2. The van der Waals surface area contributed by atoms with Crippen LogP contribution in [-0.2, 0) is 22.0 Å². The third-order valence-electron chi connectivity index (χ3n) is 2.84. The Morgan fingerprint density at radius 2 is 1.68 bits per heavy atom. The molecule has 4 nitrogen and oxygen atoms in total. The molecule has 0 radical (unpaired) electrons. The van der Waals surface area contributed by atoms with Gasteiger partial charge in [-0.25, -0.2) is 8.42 Å². The third-order valence-corrected chi connectivity index (χ3v) is 4.09. The number of hydrogen-bond acceptors (Lipinski definition) is 3. The van der Waals surface area contributed by atoms with Crippen LogP contribution >= 0.6 is 0 Å². The summed E-state index contributed by atoms with van der Waals surface area (Å²) in [5.74, 6) is -0.297. The average Bonchev–Trinajstić information content (AvgIpc) is 2.40. The molecule has 0 aliphatic carbocycles. The number of nitrogens with two attached hydrogens (primary N) is 1. The van der Waals surface area contributed by atoms with E-state index >= 15 is 0 Å². The van der Waals surface area contributed by atoms with Crippen molar-refractivity contribution in [3.05, 3.63) is 59.7 Å². The van der Waals surface area contributed by atoms with Crippen molar-refractivity contribution in [1.82, 2.24) is 0 Å². The quantitative estimate of drug-likeness (QED) is 0.846. The molecule has 0 aliphatic heterocycles. The predicted octanol–water partition coefficient (Wildman–Crippen LogP) is 3.23. The second kappa shape index (κ2) is 5.88. The summed E-state index contributed by atoms with van der Waals surface area (Å²) in [6, 6.07) is 10.9. The summed E-state index contributed by atoms with van der Waals surface area (Å²) in [6.45, 7) is 0. The van der Waals surface area contributed by atoms with E-state index in [1.54, 1.807) is 30.3 Å². The fourth-order valence-electron chi connectivity index (χ4n) is 1.83. The van der Waals surface area contributed by atoms with E-state index < -0.39 is 21.8 Å². The minimum atomic E-state index is -4.53. The maximum atomic E-state index is 12.5. The number of nitrogens with one attached hydrogen (secondary N) is 1. The van der Waals surface area contributed by atoms with Crippen LogP contribution in [0.5, 0.6) is 0 Å². The summed E-state index contributed by atoms with van der Waals surface area (Å²) >= 11 is 0. The molecule has 0 fully saturated rings. The topological polar surface area (TPSA) is 72.2 Å². The highest BCUT2D eigenvalue weighted by Gasteiger charge is 2.31. The molecular formula is C14H13F3N2O2S. The van der Waals surface area contributed by atoms with Crippen LogP contribution in [0.2, 0.25) is 0 Å². The molecule has 0 unspecified atom stereocenters. The molecule has 3 N–H and O–H groups in total. The van der Waals surface area contributed by atoms with Crippen LogP contribution in [-0.4, -0.2) is 8.42 Å². The molecule has 0 atom stereocenters. The average molecular weight is 330 g/mol. The van der Waals surface area contributed by atoms with Crippen molar-refractivity contribution in [3.63, 3.8) is 0 Å². The van der Waals surface area contributed by atoms with Crippen LogP contribution in [0.1, 0.15) is 11.1 Å². The monoisotopic (exact) mass is 330 g/mol. The van der Waals surface area contributed by atoms with Crippen LogP contribution in [0, 0.1) is 0 Å². The fraction of sp³-hybridized carbons (Fsp3) is 0.143. The van der Waals surface area contributed by atoms with Gasteiger partial charge in [0.15, 0.2) is 0 Å². The summed E-state index contributed by atoms with van der Waals surface area (Å²) in [5, 5.41) is 0. The van der Waals surface area contributed by atoms with Crippen molar-refractivity contribution in [3.8, 4) is 0 Å². The lowest BCUT2D eigenvalue weighted by Gasteiger charge is -2.13. The Morgan fingerprint density at radius 3 is 2.23 bits per heavy atom. The Hall–Kier alpha value is -2.22. The molecule has 0 aromatic heterocycles. The van der Waals surface area contributed by atoms with E-state index in [0.29, 0.717) is 11.6 Å². The van der Waals surface area contributed by atoms with Crippen molar-refractivity contribution in [2.24, 2.45) is 0 Å². The van der Waals surface area contributed by atoms with Crippen molar-refractivity contribution in [1.29, 1.82) is 0 Å². The van der Waals surface area contributed by atoms with Crippen LogP contribution in [0.4, 0.5) is 24.5 Å². The van der Waals surface area contributed by atoms with Crippen LogP contribution in [0.3, 0.4) is 0 Å².